The van der Waals surface area contributed by atoms with E-state index in [2.05, 4.69) is 58.9 Å². The average molecular weight is 469 g/mol. The number of esters is 1. The molecule has 0 bridgehead atoms. The second-order valence-electron chi connectivity index (χ2n) is 10.4. The molecule has 0 aliphatic carbocycles. The highest BCUT2D eigenvalue weighted by Gasteiger charge is 2.39. The lowest BCUT2D eigenvalue weighted by atomic mass is 10.1. The van der Waals surface area contributed by atoms with E-state index >= 15 is 0 Å². The Labute approximate surface area is 198 Å². The fraction of sp³-hybridized carbons (Fsp3) is 0.462. The second-order valence-corrected chi connectivity index (χ2v) is 15.1. The topological polar surface area (TPSA) is 62.6 Å². The number of hydrogen-bond donors (Lipinski definition) is 0. The summed E-state index contributed by atoms with van der Waals surface area (Å²) in [6, 6.07) is 11.5. The van der Waals surface area contributed by atoms with Gasteiger partial charge >= 0.3 is 5.97 Å². The summed E-state index contributed by atoms with van der Waals surface area (Å²) >= 11 is 0. The number of hydrogen-bond acceptors (Lipinski definition) is 5. The third kappa shape index (κ3) is 5.77. The van der Waals surface area contributed by atoms with Crippen molar-refractivity contribution in [3.8, 4) is 11.5 Å². The predicted molar refractivity (Wildman–Crippen MR) is 135 cm³/mol. The van der Waals surface area contributed by atoms with E-state index in [0.717, 1.165) is 28.0 Å². The molecule has 3 rings (SSSR count). The smallest absolute Gasteiger partial charge is 0.337 e. The molecule has 7 heteroatoms. The first-order valence-electron chi connectivity index (χ1n) is 11.4. The van der Waals surface area contributed by atoms with Crippen LogP contribution in [0.5, 0.6) is 11.5 Å². The summed E-state index contributed by atoms with van der Waals surface area (Å²) in [5.74, 6) is 1.76. The van der Waals surface area contributed by atoms with Crippen LogP contribution in [0.4, 0.5) is 0 Å². The molecule has 0 spiro atoms. The van der Waals surface area contributed by atoms with E-state index in [1.54, 1.807) is 18.3 Å². The van der Waals surface area contributed by atoms with Crippen LogP contribution < -0.4 is 9.16 Å². The van der Waals surface area contributed by atoms with E-state index in [-0.39, 0.29) is 11.0 Å². The molecule has 0 aliphatic heterocycles. The zero-order valence-electron chi connectivity index (χ0n) is 21.1. The molecule has 0 fully saturated rings. The monoisotopic (exact) mass is 468 g/mol. The Hall–Kier alpha value is -2.80. The summed E-state index contributed by atoms with van der Waals surface area (Å²) in [5, 5.41) is 5.57. The third-order valence-electron chi connectivity index (χ3n) is 6.17. The van der Waals surface area contributed by atoms with Crippen LogP contribution in [0.2, 0.25) is 18.1 Å². The standard InChI is InChI=1S/C26H36N2O4Si/c1-18(2)17-31-24-12-10-22(32-33(7,8)26(3,4)5)14-21(24)16-28-23-11-9-19(25(29)30-6)13-20(23)15-27-28/h9-15,18H,16-17H2,1-8H3. The van der Waals surface area contributed by atoms with Gasteiger partial charge in [0.05, 0.1) is 37.5 Å². The highest BCUT2D eigenvalue weighted by atomic mass is 28.4. The first-order valence-corrected chi connectivity index (χ1v) is 14.3. The van der Waals surface area contributed by atoms with Crippen LogP contribution in [-0.4, -0.2) is 37.8 Å². The van der Waals surface area contributed by atoms with Gasteiger partial charge in [-0.05, 0) is 60.4 Å². The molecular formula is C26H36N2O4Si. The van der Waals surface area contributed by atoms with Crippen LogP contribution in [0.1, 0.15) is 50.5 Å². The summed E-state index contributed by atoms with van der Waals surface area (Å²) < 4.78 is 19.4. The Bertz CT molecular complexity index is 1130. The minimum absolute atomic E-state index is 0.107. The molecule has 3 aromatic rings. The average Bonchev–Trinajstić information content (AvgIpc) is 3.13. The molecule has 0 aliphatic rings. The van der Waals surface area contributed by atoms with Crippen molar-refractivity contribution in [1.82, 2.24) is 9.78 Å². The Morgan fingerprint density at radius 3 is 2.48 bits per heavy atom. The number of ether oxygens (including phenoxy) is 2. The van der Waals surface area contributed by atoms with E-state index in [1.165, 1.54) is 7.11 Å². The van der Waals surface area contributed by atoms with Gasteiger partial charge < -0.3 is 13.9 Å². The fourth-order valence-electron chi connectivity index (χ4n) is 3.21. The van der Waals surface area contributed by atoms with E-state index < -0.39 is 8.32 Å². The van der Waals surface area contributed by atoms with Gasteiger partial charge in [0.2, 0.25) is 8.32 Å². The second kappa shape index (κ2) is 9.59. The number of nitrogens with zero attached hydrogens (tertiary/aromatic N) is 2. The van der Waals surface area contributed by atoms with E-state index in [9.17, 15) is 4.79 Å². The minimum atomic E-state index is -1.97. The zero-order chi connectivity index (χ0) is 24.4. The maximum Gasteiger partial charge on any atom is 0.337 e. The SMILES string of the molecule is COC(=O)c1ccc2c(cnn2Cc2cc(O[Si](C)(C)C(C)(C)C)ccc2OCC(C)C)c1. The number of rotatable bonds is 8. The Kier molecular flexibility index (Phi) is 7.22. The summed E-state index contributed by atoms with van der Waals surface area (Å²) in [4.78, 5) is 11.9. The number of carbonyl (C=O) groups is 1. The van der Waals surface area contributed by atoms with Gasteiger partial charge in [0.25, 0.3) is 0 Å². The van der Waals surface area contributed by atoms with Crippen LogP contribution >= 0.6 is 0 Å². The maximum absolute atomic E-state index is 11.9. The van der Waals surface area contributed by atoms with Gasteiger partial charge in [0.15, 0.2) is 0 Å². The van der Waals surface area contributed by atoms with E-state index in [4.69, 9.17) is 13.9 Å². The molecular weight excluding hydrogens is 432 g/mol. The van der Waals surface area contributed by atoms with Crippen LogP contribution in [0, 0.1) is 5.92 Å². The molecule has 0 unspecified atom stereocenters. The Morgan fingerprint density at radius 1 is 1.12 bits per heavy atom. The van der Waals surface area contributed by atoms with Crippen LogP contribution in [-0.2, 0) is 11.3 Å². The van der Waals surface area contributed by atoms with Crippen LogP contribution in [0.25, 0.3) is 10.9 Å². The van der Waals surface area contributed by atoms with Gasteiger partial charge in [-0.1, -0.05) is 34.6 Å². The summed E-state index contributed by atoms with van der Waals surface area (Å²) in [6.07, 6.45) is 1.77. The third-order valence-corrected chi connectivity index (χ3v) is 10.5. The van der Waals surface area contributed by atoms with Crippen LogP contribution in [0.15, 0.2) is 42.6 Å². The zero-order valence-corrected chi connectivity index (χ0v) is 22.1. The minimum Gasteiger partial charge on any atom is -0.543 e. The van der Waals surface area contributed by atoms with Crippen molar-refractivity contribution in [2.75, 3.05) is 13.7 Å². The number of fused-ring (bicyclic) bond motifs is 1. The molecule has 6 nitrogen and oxygen atoms in total. The van der Waals surface area contributed by atoms with Crippen molar-refractivity contribution in [3.05, 3.63) is 53.7 Å². The Morgan fingerprint density at radius 2 is 1.85 bits per heavy atom. The highest BCUT2D eigenvalue weighted by molar-refractivity contribution is 6.74. The van der Waals surface area contributed by atoms with Gasteiger partial charge in [-0.3, -0.25) is 4.68 Å². The lowest BCUT2D eigenvalue weighted by Crippen LogP contribution is -2.43. The number of methoxy groups -OCH3 is 1. The lowest BCUT2D eigenvalue weighted by Gasteiger charge is -2.36. The lowest BCUT2D eigenvalue weighted by molar-refractivity contribution is 0.0601. The molecule has 178 valence electrons. The highest BCUT2D eigenvalue weighted by Crippen LogP contribution is 2.38. The van der Waals surface area contributed by atoms with Gasteiger partial charge in [-0.25, -0.2) is 4.79 Å². The fourth-order valence-corrected chi connectivity index (χ4v) is 4.23. The molecule has 0 atom stereocenters. The molecule has 0 saturated carbocycles. The number of carbonyl (C=O) groups excluding carboxylic acids is 1. The molecule has 0 N–H and O–H groups in total. The predicted octanol–water partition coefficient (Wildman–Crippen LogP) is 6.29. The molecule has 2 aromatic carbocycles. The molecule has 0 amide bonds. The normalized spacial score (nSPS) is 12.3. The van der Waals surface area contributed by atoms with E-state index in [1.807, 2.05) is 22.9 Å². The van der Waals surface area contributed by atoms with E-state index in [0.29, 0.717) is 24.6 Å². The number of aromatic nitrogens is 2. The molecule has 1 aromatic heterocycles. The van der Waals surface area contributed by atoms with Crippen molar-refractivity contribution >= 4 is 25.2 Å². The van der Waals surface area contributed by atoms with Crippen molar-refractivity contribution in [2.45, 2.75) is 59.3 Å². The quantitative estimate of drug-likeness (QED) is 0.287. The molecule has 0 saturated heterocycles. The van der Waals surface area contributed by atoms with Crippen molar-refractivity contribution < 1.29 is 18.7 Å². The van der Waals surface area contributed by atoms with Gasteiger partial charge in [0, 0.05) is 10.9 Å². The number of benzene rings is 2. The largest absolute Gasteiger partial charge is 0.543 e. The van der Waals surface area contributed by atoms with Gasteiger partial charge in [-0.2, -0.15) is 5.10 Å². The summed E-state index contributed by atoms with van der Waals surface area (Å²) in [6.45, 7) is 16.6. The van der Waals surface area contributed by atoms with Crippen molar-refractivity contribution in [3.63, 3.8) is 0 Å². The maximum atomic E-state index is 11.9. The van der Waals surface area contributed by atoms with Gasteiger partial charge in [-0.15, -0.1) is 0 Å². The van der Waals surface area contributed by atoms with Crippen molar-refractivity contribution in [2.24, 2.45) is 5.92 Å². The van der Waals surface area contributed by atoms with Gasteiger partial charge in [0.1, 0.15) is 11.5 Å². The molecule has 0 radical (unpaired) electrons. The first kappa shape index (κ1) is 24.8. The summed E-state index contributed by atoms with van der Waals surface area (Å²) in [5.41, 5.74) is 2.46. The summed E-state index contributed by atoms with van der Waals surface area (Å²) in [7, 11) is -0.590. The van der Waals surface area contributed by atoms with Crippen LogP contribution in [0.3, 0.4) is 0 Å². The first-order chi connectivity index (χ1) is 15.4. The molecule has 1 heterocycles. The Balaban J connectivity index is 1.96. The molecule has 33 heavy (non-hydrogen) atoms. The van der Waals surface area contributed by atoms with Crippen molar-refractivity contribution in [1.29, 1.82) is 0 Å².